The monoisotopic (exact) mass is 676 g/mol. The number of carbonyl (C=O) groups is 2. The molecule has 0 saturated heterocycles. The van der Waals surface area contributed by atoms with Crippen molar-refractivity contribution in [2.24, 2.45) is 0 Å². The predicted octanol–water partition coefficient (Wildman–Crippen LogP) is 10.7. The number of fused-ring (bicyclic) bond motifs is 1. The van der Waals surface area contributed by atoms with Crippen molar-refractivity contribution in [1.29, 1.82) is 0 Å². The minimum absolute atomic E-state index is 0.00406. The number of amides is 2. The van der Waals surface area contributed by atoms with E-state index < -0.39 is 0 Å². The molecule has 0 saturated carbocycles. The molecule has 2 aliphatic heterocycles. The molecule has 250 valence electrons. The van der Waals surface area contributed by atoms with Gasteiger partial charge in [-0.15, -0.1) is 22.7 Å². The number of hydrogen-bond acceptors (Lipinski definition) is 4. The maximum absolute atomic E-state index is 13.5. The molecule has 6 rings (SSSR count). The first-order chi connectivity index (χ1) is 22.1. The van der Waals surface area contributed by atoms with Crippen molar-refractivity contribution in [3.05, 3.63) is 104 Å². The Bertz CT molecular complexity index is 1830. The molecule has 0 atom stereocenters. The van der Waals surface area contributed by atoms with E-state index >= 15 is 0 Å². The van der Waals surface area contributed by atoms with E-state index in [9.17, 15) is 9.59 Å². The van der Waals surface area contributed by atoms with E-state index in [-0.39, 0.29) is 33.5 Å². The molecular formula is C42H48N2O2S2. The molecule has 4 nitrogen and oxygen atoms in total. The Balaban J connectivity index is 1.39. The van der Waals surface area contributed by atoms with Crippen molar-refractivity contribution in [1.82, 2.24) is 10.6 Å². The summed E-state index contributed by atoms with van der Waals surface area (Å²) in [6.45, 7) is 26.9. The van der Waals surface area contributed by atoms with Gasteiger partial charge in [0.1, 0.15) is 0 Å². The van der Waals surface area contributed by atoms with Gasteiger partial charge in [0, 0.05) is 9.75 Å². The molecule has 0 bridgehead atoms. The average Bonchev–Trinajstić information content (AvgIpc) is 3.77. The van der Waals surface area contributed by atoms with Crippen LogP contribution in [0.1, 0.15) is 115 Å². The van der Waals surface area contributed by atoms with E-state index in [4.69, 9.17) is 0 Å². The summed E-state index contributed by atoms with van der Waals surface area (Å²) in [6, 6.07) is 22.0. The van der Waals surface area contributed by atoms with Gasteiger partial charge < -0.3 is 10.6 Å². The Labute approximate surface area is 294 Å². The minimum Gasteiger partial charge on any atom is -0.320 e. The second kappa shape index (κ2) is 11.4. The summed E-state index contributed by atoms with van der Waals surface area (Å²) in [7, 11) is 0. The summed E-state index contributed by atoms with van der Waals surface area (Å²) < 4.78 is 0. The Morgan fingerprint density at radius 1 is 0.417 bits per heavy atom. The number of benzene rings is 2. The van der Waals surface area contributed by atoms with Crippen molar-refractivity contribution in [2.45, 2.75) is 105 Å². The van der Waals surface area contributed by atoms with Crippen molar-refractivity contribution < 1.29 is 9.59 Å². The molecule has 0 unspecified atom stereocenters. The molecule has 6 heteroatoms. The molecule has 0 radical (unpaired) electrons. The van der Waals surface area contributed by atoms with Gasteiger partial charge in [0.25, 0.3) is 11.8 Å². The zero-order chi connectivity index (χ0) is 35.1. The zero-order valence-corrected chi connectivity index (χ0v) is 32.0. The summed E-state index contributed by atoms with van der Waals surface area (Å²) in [5, 5.41) is 6.12. The first-order valence-corrected chi connectivity index (χ1v) is 18.4. The third-order valence-electron chi connectivity index (χ3n) is 9.29. The van der Waals surface area contributed by atoms with Gasteiger partial charge in [-0.1, -0.05) is 95.2 Å². The second-order valence-corrected chi connectivity index (χ2v) is 19.5. The second-order valence-electron chi connectivity index (χ2n) is 17.3. The Morgan fingerprint density at radius 2 is 0.688 bits per heavy atom. The van der Waals surface area contributed by atoms with E-state index in [1.807, 2.05) is 12.1 Å². The summed E-state index contributed by atoms with van der Waals surface area (Å²) in [5.74, 6) is -0.486. The summed E-state index contributed by atoms with van der Waals surface area (Å²) >= 11 is 3.21. The molecule has 2 aliphatic rings. The van der Waals surface area contributed by atoms with Crippen molar-refractivity contribution in [3.63, 3.8) is 0 Å². The lowest BCUT2D eigenvalue weighted by Gasteiger charge is -2.26. The molecule has 2 amide bonds. The van der Waals surface area contributed by atoms with E-state index in [2.05, 4.69) is 142 Å². The van der Waals surface area contributed by atoms with Crippen LogP contribution in [0.4, 0.5) is 0 Å². The summed E-state index contributed by atoms with van der Waals surface area (Å²) in [4.78, 5) is 31.1. The summed E-state index contributed by atoms with van der Waals surface area (Å²) in [6.07, 6.45) is 0. The van der Waals surface area contributed by atoms with Crippen molar-refractivity contribution in [3.8, 4) is 20.9 Å². The molecule has 0 fully saturated rings. The van der Waals surface area contributed by atoms with Crippen LogP contribution in [0.15, 0.2) is 71.8 Å². The van der Waals surface area contributed by atoms with E-state index in [1.165, 1.54) is 22.3 Å². The van der Waals surface area contributed by atoms with E-state index in [1.54, 1.807) is 22.7 Å². The van der Waals surface area contributed by atoms with Crippen LogP contribution in [0.5, 0.6) is 0 Å². The van der Waals surface area contributed by atoms with Crippen molar-refractivity contribution >= 4 is 45.9 Å². The lowest BCUT2D eigenvalue weighted by atomic mass is 9.79. The maximum atomic E-state index is 13.5. The van der Waals surface area contributed by atoms with Gasteiger partial charge in [-0.25, -0.2) is 0 Å². The standard InChI is InChI=1S/C42H48N2O2S2/c1-39(2,3)25-17-23(18-26(21-25)40(4,5)6)29-13-15-31(47-29)35-33-34(38(46)43-35)36(44-37(33)45)32-16-14-30(48-32)24-19-27(41(7,8)9)22-28(20-24)42(10,11)12/h13-22H,1-12H3,(H,43,46)(H,44,45). The van der Waals surface area contributed by atoms with Crippen LogP contribution in [0.25, 0.3) is 32.3 Å². The molecule has 4 aromatic rings. The van der Waals surface area contributed by atoms with Crippen LogP contribution in [0.3, 0.4) is 0 Å². The quantitative estimate of drug-likeness (QED) is 0.226. The average molecular weight is 677 g/mol. The van der Waals surface area contributed by atoms with Crippen LogP contribution in [0, 0.1) is 0 Å². The first kappa shape index (κ1) is 34.1. The lowest BCUT2D eigenvalue weighted by Crippen LogP contribution is -2.20. The van der Waals surface area contributed by atoms with E-state index in [0.717, 1.165) is 30.6 Å². The van der Waals surface area contributed by atoms with Crippen LogP contribution in [0.2, 0.25) is 0 Å². The minimum atomic E-state index is -0.243. The largest absolute Gasteiger partial charge is 0.320 e. The molecule has 4 heterocycles. The van der Waals surface area contributed by atoms with Crippen molar-refractivity contribution in [2.75, 3.05) is 0 Å². The molecule has 2 N–H and O–H groups in total. The Hall–Kier alpha value is -3.74. The van der Waals surface area contributed by atoms with Crippen LogP contribution >= 0.6 is 22.7 Å². The number of nitrogens with one attached hydrogen (secondary N) is 2. The van der Waals surface area contributed by atoms with Gasteiger partial charge in [-0.05, 0) is 104 Å². The zero-order valence-electron chi connectivity index (χ0n) is 30.4. The fourth-order valence-electron chi connectivity index (χ4n) is 6.08. The number of rotatable bonds is 4. The molecule has 0 aliphatic carbocycles. The molecule has 2 aromatic heterocycles. The first-order valence-electron chi connectivity index (χ1n) is 16.8. The highest BCUT2D eigenvalue weighted by molar-refractivity contribution is 7.17. The topological polar surface area (TPSA) is 58.2 Å². The fraction of sp³-hybridized carbons (Fsp3) is 0.381. The normalized spacial score (nSPS) is 15.8. The molecule has 48 heavy (non-hydrogen) atoms. The SMILES string of the molecule is CC(C)(C)c1cc(-c2ccc(C3=C4C(=O)NC(c5ccc(-c6cc(C(C)(C)C)cc(C(C)(C)C)c6)s5)=C4C(=O)N3)s2)cc(C(C)(C)C)c1. The van der Waals surface area contributed by atoms with Gasteiger partial charge >= 0.3 is 0 Å². The van der Waals surface area contributed by atoms with Gasteiger partial charge in [0.05, 0.1) is 32.3 Å². The van der Waals surface area contributed by atoms with Crippen LogP contribution < -0.4 is 10.6 Å². The smallest absolute Gasteiger partial charge is 0.258 e. The van der Waals surface area contributed by atoms with Gasteiger partial charge in [0.2, 0.25) is 0 Å². The molecule has 0 spiro atoms. The Morgan fingerprint density at radius 3 is 0.958 bits per heavy atom. The third-order valence-corrected chi connectivity index (χ3v) is 11.6. The van der Waals surface area contributed by atoms with E-state index in [0.29, 0.717) is 22.5 Å². The maximum Gasteiger partial charge on any atom is 0.258 e. The van der Waals surface area contributed by atoms with Gasteiger partial charge in [0.15, 0.2) is 0 Å². The van der Waals surface area contributed by atoms with Gasteiger partial charge in [-0.3, -0.25) is 9.59 Å². The highest BCUT2D eigenvalue weighted by atomic mass is 32.1. The Kier molecular flexibility index (Phi) is 8.12. The summed E-state index contributed by atoms with van der Waals surface area (Å²) in [5.41, 5.74) is 9.52. The number of hydrogen-bond donors (Lipinski definition) is 2. The highest BCUT2D eigenvalue weighted by Crippen LogP contribution is 2.44. The molecular weight excluding hydrogens is 629 g/mol. The number of thiophene rings is 2. The highest BCUT2D eigenvalue weighted by Gasteiger charge is 2.41. The molecule has 2 aromatic carbocycles. The number of carbonyl (C=O) groups excluding carboxylic acids is 2. The van der Waals surface area contributed by atoms with Crippen LogP contribution in [-0.2, 0) is 31.2 Å². The fourth-order valence-corrected chi connectivity index (χ4v) is 8.08. The van der Waals surface area contributed by atoms with Gasteiger partial charge in [-0.2, -0.15) is 0 Å². The predicted molar refractivity (Wildman–Crippen MR) is 204 cm³/mol. The third kappa shape index (κ3) is 6.37. The van der Waals surface area contributed by atoms with Crippen LogP contribution in [-0.4, -0.2) is 11.8 Å². The lowest BCUT2D eigenvalue weighted by molar-refractivity contribution is -0.117.